The Hall–Kier alpha value is -1.45. The molecule has 1 aliphatic heterocycles. The number of sulfonamides is 1. The van der Waals surface area contributed by atoms with Gasteiger partial charge in [0.15, 0.2) is 9.84 Å². The molecule has 0 bridgehead atoms. The first-order valence-electron chi connectivity index (χ1n) is 6.18. The predicted octanol–water partition coefficient (Wildman–Crippen LogP) is 0.112. The first-order chi connectivity index (χ1) is 9.65. The highest BCUT2D eigenvalue weighted by Gasteiger charge is 2.32. The zero-order chi connectivity index (χ0) is 15.8. The predicted molar refractivity (Wildman–Crippen MR) is 75.6 cm³/mol. The molecule has 116 valence electrons. The zero-order valence-corrected chi connectivity index (χ0v) is 12.9. The third-order valence-corrected chi connectivity index (χ3v) is 7.09. The maximum absolute atomic E-state index is 12.5. The molecule has 0 aliphatic carbocycles. The van der Waals surface area contributed by atoms with Gasteiger partial charge < -0.3 is 5.11 Å². The maximum Gasteiger partial charge on any atom is 0.335 e. The number of benzene rings is 1. The number of carbonyl (C=O) groups is 1. The minimum absolute atomic E-state index is 0.0827. The number of carboxylic acid groups (broad SMARTS) is 1. The van der Waals surface area contributed by atoms with Crippen LogP contribution in [0.4, 0.5) is 0 Å². The van der Waals surface area contributed by atoms with E-state index in [9.17, 15) is 21.6 Å². The van der Waals surface area contributed by atoms with Gasteiger partial charge in [0.2, 0.25) is 10.0 Å². The highest BCUT2D eigenvalue weighted by molar-refractivity contribution is 7.92. The number of hydrogen-bond acceptors (Lipinski definition) is 5. The van der Waals surface area contributed by atoms with E-state index in [1.165, 1.54) is 25.1 Å². The number of nitrogens with zero attached hydrogens (tertiary/aromatic N) is 1. The Balaban J connectivity index is 2.42. The van der Waals surface area contributed by atoms with E-state index in [1.807, 2.05) is 0 Å². The molecule has 7 nitrogen and oxygen atoms in total. The summed E-state index contributed by atoms with van der Waals surface area (Å²) < 4.78 is 48.9. The summed E-state index contributed by atoms with van der Waals surface area (Å²) in [5, 5.41) is 9.05. The summed E-state index contributed by atoms with van der Waals surface area (Å²) in [5.74, 6) is -1.64. The number of hydrogen-bond donors (Lipinski definition) is 1. The third kappa shape index (κ3) is 3.09. The van der Waals surface area contributed by atoms with E-state index >= 15 is 0 Å². The lowest BCUT2D eigenvalue weighted by Gasteiger charge is -2.26. The second-order valence-electron chi connectivity index (χ2n) is 4.79. The molecule has 1 heterocycles. The van der Waals surface area contributed by atoms with Crippen LogP contribution in [0.25, 0.3) is 0 Å². The number of rotatable bonds is 3. The van der Waals surface area contributed by atoms with Crippen molar-refractivity contribution in [3.8, 4) is 0 Å². The molecule has 1 N–H and O–H groups in total. The second kappa shape index (κ2) is 5.39. The molecule has 0 amide bonds. The van der Waals surface area contributed by atoms with Crippen LogP contribution in [-0.2, 0) is 19.9 Å². The molecule has 0 saturated carbocycles. The minimum Gasteiger partial charge on any atom is -0.478 e. The van der Waals surface area contributed by atoms with Gasteiger partial charge >= 0.3 is 5.97 Å². The van der Waals surface area contributed by atoms with Crippen molar-refractivity contribution in [2.75, 3.05) is 24.6 Å². The van der Waals surface area contributed by atoms with Gasteiger partial charge in [0, 0.05) is 13.1 Å². The van der Waals surface area contributed by atoms with Crippen molar-refractivity contribution in [1.29, 1.82) is 0 Å². The lowest BCUT2D eigenvalue weighted by molar-refractivity contribution is 0.0695. The van der Waals surface area contributed by atoms with Gasteiger partial charge in [-0.3, -0.25) is 0 Å². The van der Waals surface area contributed by atoms with Gasteiger partial charge in [0.05, 0.1) is 22.0 Å². The fraction of sp³-hybridized carbons (Fsp3) is 0.417. The molecule has 2 rings (SSSR count). The van der Waals surface area contributed by atoms with Crippen molar-refractivity contribution in [3.63, 3.8) is 0 Å². The molecule has 21 heavy (non-hydrogen) atoms. The van der Waals surface area contributed by atoms with Gasteiger partial charge in [-0.1, -0.05) is 6.07 Å². The summed E-state index contributed by atoms with van der Waals surface area (Å²) in [6, 6.07) is 4.03. The number of sulfone groups is 1. The van der Waals surface area contributed by atoms with Gasteiger partial charge in [0.1, 0.15) is 0 Å². The maximum atomic E-state index is 12.5. The van der Waals surface area contributed by atoms with E-state index < -0.39 is 25.8 Å². The Kier molecular flexibility index (Phi) is 4.09. The first-order valence-corrected chi connectivity index (χ1v) is 9.45. The van der Waals surface area contributed by atoms with Crippen molar-refractivity contribution in [2.24, 2.45) is 0 Å². The van der Waals surface area contributed by atoms with Crippen molar-refractivity contribution in [3.05, 3.63) is 29.3 Å². The van der Waals surface area contributed by atoms with E-state index in [1.54, 1.807) is 0 Å². The van der Waals surface area contributed by atoms with Crippen molar-refractivity contribution in [2.45, 2.75) is 11.8 Å². The van der Waals surface area contributed by atoms with Gasteiger partial charge in [-0.15, -0.1) is 0 Å². The largest absolute Gasteiger partial charge is 0.478 e. The van der Waals surface area contributed by atoms with E-state index in [0.717, 1.165) is 4.31 Å². The Morgan fingerprint density at radius 1 is 1.24 bits per heavy atom. The molecule has 1 saturated heterocycles. The standard InChI is InChI=1S/C12H15NO6S2/c1-9-10(12(14)15)3-2-4-11(9)21(18,19)13-5-7-20(16,17)8-6-13/h2-4H,5-8H2,1H3,(H,14,15). The number of carboxylic acids is 1. The molecule has 1 aromatic rings. The summed E-state index contributed by atoms with van der Waals surface area (Å²) in [5.41, 5.74) is 0.0686. The highest BCUT2D eigenvalue weighted by atomic mass is 32.2. The summed E-state index contributed by atoms with van der Waals surface area (Å²) >= 11 is 0. The van der Waals surface area contributed by atoms with Gasteiger partial charge in [-0.05, 0) is 24.6 Å². The molecule has 1 aliphatic rings. The Morgan fingerprint density at radius 3 is 2.33 bits per heavy atom. The fourth-order valence-electron chi connectivity index (χ4n) is 2.20. The molecule has 0 spiro atoms. The summed E-state index contributed by atoms with van der Waals surface area (Å²) in [4.78, 5) is 11.0. The molecule has 0 aromatic heterocycles. The first kappa shape index (κ1) is 15.9. The van der Waals surface area contributed by atoms with Crippen LogP contribution in [0, 0.1) is 6.92 Å². The van der Waals surface area contributed by atoms with Crippen LogP contribution in [0.5, 0.6) is 0 Å². The summed E-state index contributed by atoms with van der Waals surface area (Å²) in [6.07, 6.45) is 0. The van der Waals surface area contributed by atoms with Crippen molar-refractivity contribution in [1.82, 2.24) is 4.31 Å². The molecule has 0 atom stereocenters. The Bertz CT molecular complexity index is 768. The zero-order valence-electron chi connectivity index (χ0n) is 11.3. The van der Waals surface area contributed by atoms with Gasteiger partial charge in [-0.2, -0.15) is 4.31 Å². The molecule has 1 aromatic carbocycles. The average Bonchev–Trinajstić information content (AvgIpc) is 2.37. The normalized spacial score (nSPS) is 19.3. The summed E-state index contributed by atoms with van der Waals surface area (Å²) in [6.45, 7) is 1.21. The molecular formula is C12H15NO6S2. The molecular weight excluding hydrogens is 318 g/mol. The molecule has 1 fully saturated rings. The van der Waals surface area contributed by atoms with E-state index in [-0.39, 0.29) is 40.6 Å². The number of aromatic carboxylic acids is 1. The fourth-order valence-corrected chi connectivity index (χ4v) is 5.32. The molecule has 0 radical (unpaired) electrons. The lowest BCUT2D eigenvalue weighted by Crippen LogP contribution is -2.43. The third-order valence-electron chi connectivity index (χ3n) is 3.44. The minimum atomic E-state index is -3.89. The lowest BCUT2D eigenvalue weighted by atomic mass is 10.1. The SMILES string of the molecule is Cc1c(C(=O)O)cccc1S(=O)(=O)N1CCS(=O)(=O)CC1. The molecule has 0 unspecified atom stereocenters. The van der Waals surface area contributed by atoms with E-state index in [0.29, 0.717) is 0 Å². The monoisotopic (exact) mass is 333 g/mol. The average molecular weight is 333 g/mol. The quantitative estimate of drug-likeness (QED) is 0.841. The summed E-state index contributed by atoms with van der Waals surface area (Å²) in [7, 11) is -7.08. The van der Waals surface area contributed by atoms with Crippen molar-refractivity contribution < 1.29 is 26.7 Å². The van der Waals surface area contributed by atoms with E-state index in [2.05, 4.69) is 0 Å². The Morgan fingerprint density at radius 2 is 1.81 bits per heavy atom. The van der Waals surface area contributed by atoms with Crippen LogP contribution < -0.4 is 0 Å². The van der Waals surface area contributed by atoms with Crippen LogP contribution in [0.1, 0.15) is 15.9 Å². The van der Waals surface area contributed by atoms with Crippen LogP contribution in [0.3, 0.4) is 0 Å². The molecule has 9 heteroatoms. The topological polar surface area (TPSA) is 109 Å². The second-order valence-corrected chi connectivity index (χ2v) is 9.00. The van der Waals surface area contributed by atoms with Crippen LogP contribution in [-0.4, -0.2) is 56.8 Å². The van der Waals surface area contributed by atoms with Gasteiger partial charge in [-0.25, -0.2) is 21.6 Å². The van der Waals surface area contributed by atoms with Crippen LogP contribution >= 0.6 is 0 Å². The Labute approximate surface area is 123 Å². The van der Waals surface area contributed by atoms with Crippen molar-refractivity contribution >= 4 is 25.8 Å². The van der Waals surface area contributed by atoms with E-state index in [4.69, 9.17) is 5.11 Å². The highest BCUT2D eigenvalue weighted by Crippen LogP contribution is 2.24. The van der Waals surface area contributed by atoms with Crippen LogP contribution in [0.15, 0.2) is 23.1 Å². The van der Waals surface area contributed by atoms with Gasteiger partial charge in [0.25, 0.3) is 0 Å². The smallest absolute Gasteiger partial charge is 0.335 e. The van der Waals surface area contributed by atoms with Crippen LogP contribution in [0.2, 0.25) is 0 Å².